The maximum absolute atomic E-state index is 11.6. The van der Waals surface area contributed by atoms with E-state index in [9.17, 15) is 4.79 Å². The Bertz CT molecular complexity index is 499. The first kappa shape index (κ1) is 9.90. The van der Waals surface area contributed by atoms with Crippen LogP contribution in [0, 0.1) is 0 Å². The lowest BCUT2D eigenvalue weighted by atomic mass is 10.1. The predicted octanol–water partition coefficient (Wildman–Crippen LogP) is 2.65. The van der Waals surface area contributed by atoms with Crippen molar-refractivity contribution in [3.05, 3.63) is 30.0 Å². The van der Waals surface area contributed by atoms with Crippen molar-refractivity contribution < 1.29 is 4.79 Å². The molecular formula is C12H14N2O. The molecule has 0 amide bonds. The van der Waals surface area contributed by atoms with Gasteiger partial charge in [0, 0.05) is 18.9 Å². The summed E-state index contributed by atoms with van der Waals surface area (Å²) in [5, 5.41) is 5.38. The van der Waals surface area contributed by atoms with E-state index in [-0.39, 0.29) is 5.78 Å². The van der Waals surface area contributed by atoms with E-state index < -0.39 is 0 Å². The molecule has 0 saturated heterocycles. The molecule has 78 valence electrons. The van der Waals surface area contributed by atoms with E-state index in [0.29, 0.717) is 0 Å². The largest absolute Gasteiger partial charge is 0.293 e. The van der Waals surface area contributed by atoms with Gasteiger partial charge in [0.1, 0.15) is 5.69 Å². The molecule has 0 fully saturated rings. The van der Waals surface area contributed by atoms with E-state index in [1.54, 1.807) is 6.92 Å². The molecule has 0 N–H and O–H groups in total. The van der Waals surface area contributed by atoms with Crippen molar-refractivity contribution in [2.45, 2.75) is 26.8 Å². The Morgan fingerprint density at radius 2 is 2.13 bits per heavy atom. The Kier molecular flexibility index (Phi) is 2.54. The fourth-order valence-electron chi connectivity index (χ4n) is 1.83. The van der Waals surface area contributed by atoms with E-state index in [4.69, 9.17) is 0 Å². The lowest BCUT2D eigenvalue weighted by Gasteiger charge is -2.01. The van der Waals surface area contributed by atoms with Crippen LogP contribution in [0.1, 0.15) is 30.8 Å². The fourth-order valence-corrected chi connectivity index (χ4v) is 1.83. The third kappa shape index (κ3) is 1.65. The molecule has 2 rings (SSSR count). The first-order valence-electron chi connectivity index (χ1n) is 5.20. The first-order chi connectivity index (χ1) is 7.24. The summed E-state index contributed by atoms with van der Waals surface area (Å²) in [6, 6.07) is 7.77. The molecule has 0 saturated carbocycles. The van der Waals surface area contributed by atoms with Gasteiger partial charge in [0.2, 0.25) is 0 Å². The van der Waals surface area contributed by atoms with Crippen molar-refractivity contribution in [3.8, 4) is 0 Å². The highest BCUT2D eigenvalue weighted by Gasteiger charge is 2.13. The normalized spacial score (nSPS) is 10.8. The minimum atomic E-state index is 0.0807. The zero-order valence-corrected chi connectivity index (χ0v) is 9.03. The van der Waals surface area contributed by atoms with Gasteiger partial charge in [-0.05, 0) is 12.5 Å². The van der Waals surface area contributed by atoms with Crippen LogP contribution in [-0.4, -0.2) is 15.6 Å². The minimum Gasteiger partial charge on any atom is -0.293 e. The summed E-state index contributed by atoms with van der Waals surface area (Å²) in [5.74, 6) is 0.0807. The molecule has 0 atom stereocenters. The molecule has 0 spiro atoms. The number of Topliss-reactive ketones (excluding diaryl/α,β-unsaturated/α-hetero) is 1. The highest BCUT2D eigenvalue weighted by Crippen LogP contribution is 2.18. The molecule has 0 aliphatic carbocycles. The van der Waals surface area contributed by atoms with Crippen molar-refractivity contribution in [1.82, 2.24) is 9.78 Å². The van der Waals surface area contributed by atoms with Crippen LogP contribution in [0.25, 0.3) is 10.9 Å². The molecule has 15 heavy (non-hydrogen) atoms. The van der Waals surface area contributed by atoms with Gasteiger partial charge in [-0.1, -0.05) is 25.1 Å². The van der Waals surface area contributed by atoms with Gasteiger partial charge < -0.3 is 0 Å². The number of fused-ring (bicyclic) bond motifs is 1. The van der Waals surface area contributed by atoms with E-state index in [1.807, 2.05) is 28.9 Å². The second-order valence-corrected chi connectivity index (χ2v) is 3.65. The van der Waals surface area contributed by atoms with Crippen molar-refractivity contribution in [1.29, 1.82) is 0 Å². The van der Waals surface area contributed by atoms with Gasteiger partial charge in [0.25, 0.3) is 0 Å². The van der Waals surface area contributed by atoms with Gasteiger partial charge in [0.05, 0.1) is 5.52 Å². The molecule has 0 aliphatic heterocycles. The van der Waals surface area contributed by atoms with Crippen molar-refractivity contribution in [2.75, 3.05) is 0 Å². The maximum atomic E-state index is 11.6. The summed E-state index contributed by atoms with van der Waals surface area (Å²) < 4.78 is 1.81. The van der Waals surface area contributed by atoms with Crippen LogP contribution in [0.5, 0.6) is 0 Å². The number of aromatic nitrogens is 2. The van der Waals surface area contributed by atoms with Crippen LogP contribution < -0.4 is 0 Å². The molecule has 3 heteroatoms. The van der Waals surface area contributed by atoms with E-state index in [1.165, 1.54) is 0 Å². The van der Waals surface area contributed by atoms with Crippen LogP contribution in [0.15, 0.2) is 24.3 Å². The van der Waals surface area contributed by atoms with Crippen molar-refractivity contribution in [3.63, 3.8) is 0 Å². The number of hydrogen-bond acceptors (Lipinski definition) is 2. The summed E-state index contributed by atoms with van der Waals surface area (Å²) in [6.45, 7) is 4.47. The SMILES string of the molecule is CCCn1nc2ccccc2c1C(C)=O. The Labute approximate surface area is 88.7 Å². The summed E-state index contributed by atoms with van der Waals surface area (Å²) >= 11 is 0. The molecule has 3 nitrogen and oxygen atoms in total. The molecule has 0 aliphatic rings. The van der Waals surface area contributed by atoms with Gasteiger partial charge in [-0.25, -0.2) is 0 Å². The quantitative estimate of drug-likeness (QED) is 0.717. The number of rotatable bonds is 3. The average Bonchev–Trinajstić information content (AvgIpc) is 2.56. The van der Waals surface area contributed by atoms with Gasteiger partial charge in [0.15, 0.2) is 5.78 Å². The number of aryl methyl sites for hydroxylation is 1. The van der Waals surface area contributed by atoms with E-state index in [2.05, 4.69) is 12.0 Å². The minimum absolute atomic E-state index is 0.0807. The fraction of sp³-hybridized carbons (Fsp3) is 0.333. The number of nitrogens with zero attached hydrogens (tertiary/aromatic N) is 2. The molecule has 1 aromatic heterocycles. The molecule has 0 bridgehead atoms. The van der Waals surface area contributed by atoms with Crippen LogP contribution in [0.2, 0.25) is 0 Å². The molecule has 2 aromatic rings. The standard InChI is InChI=1S/C12H14N2O/c1-3-8-14-12(9(2)15)10-6-4-5-7-11(10)13-14/h4-7H,3,8H2,1-2H3. The first-order valence-corrected chi connectivity index (χ1v) is 5.20. The average molecular weight is 202 g/mol. The monoisotopic (exact) mass is 202 g/mol. The number of benzene rings is 1. The number of carbonyl (C=O) groups is 1. The second-order valence-electron chi connectivity index (χ2n) is 3.65. The number of hydrogen-bond donors (Lipinski definition) is 0. The smallest absolute Gasteiger partial charge is 0.178 e. The summed E-state index contributed by atoms with van der Waals surface area (Å²) in [7, 11) is 0. The second kappa shape index (κ2) is 3.85. The van der Waals surface area contributed by atoms with E-state index in [0.717, 1.165) is 29.6 Å². The van der Waals surface area contributed by atoms with Crippen molar-refractivity contribution >= 4 is 16.7 Å². The number of ketones is 1. The van der Waals surface area contributed by atoms with Crippen molar-refractivity contribution in [2.24, 2.45) is 0 Å². The summed E-state index contributed by atoms with van der Waals surface area (Å²) in [6.07, 6.45) is 0.980. The number of carbonyl (C=O) groups excluding carboxylic acids is 1. The lowest BCUT2D eigenvalue weighted by molar-refractivity contribution is 0.100. The summed E-state index contributed by atoms with van der Waals surface area (Å²) in [4.78, 5) is 11.6. The highest BCUT2D eigenvalue weighted by atomic mass is 16.1. The Balaban J connectivity index is 2.69. The maximum Gasteiger partial charge on any atom is 0.178 e. The van der Waals surface area contributed by atoms with Crippen LogP contribution in [0.3, 0.4) is 0 Å². The van der Waals surface area contributed by atoms with Gasteiger partial charge in [-0.2, -0.15) is 5.10 Å². The van der Waals surface area contributed by atoms with Crippen LogP contribution in [-0.2, 0) is 6.54 Å². The summed E-state index contributed by atoms with van der Waals surface area (Å²) in [5.41, 5.74) is 1.63. The third-order valence-electron chi connectivity index (χ3n) is 2.41. The highest BCUT2D eigenvalue weighted by molar-refractivity contribution is 6.04. The predicted molar refractivity (Wildman–Crippen MR) is 60.0 cm³/mol. The van der Waals surface area contributed by atoms with Gasteiger partial charge in [-0.3, -0.25) is 9.48 Å². The van der Waals surface area contributed by atoms with Crippen LogP contribution in [0.4, 0.5) is 0 Å². The molecule has 1 heterocycles. The zero-order valence-electron chi connectivity index (χ0n) is 9.03. The Morgan fingerprint density at radius 3 is 2.80 bits per heavy atom. The van der Waals surface area contributed by atoms with Gasteiger partial charge in [-0.15, -0.1) is 0 Å². The Hall–Kier alpha value is -1.64. The molecule has 1 aromatic carbocycles. The zero-order chi connectivity index (χ0) is 10.8. The van der Waals surface area contributed by atoms with Crippen LogP contribution >= 0.6 is 0 Å². The third-order valence-corrected chi connectivity index (χ3v) is 2.41. The molecule has 0 radical (unpaired) electrons. The molecular weight excluding hydrogens is 188 g/mol. The van der Waals surface area contributed by atoms with E-state index >= 15 is 0 Å². The Morgan fingerprint density at radius 1 is 1.40 bits per heavy atom. The topological polar surface area (TPSA) is 34.9 Å². The molecule has 0 unspecified atom stereocenters. The van der Waals surface area contributed by atoms with Gasteiger partial charge >= 0.3 is 0 Å². The lowest BCUT2D eigenvalue weighted by Crippen LogP contribution is -2.07.